The highest BCUT2D eigenvalue weighted by Gasteiger charge is 2.04. The van der Waals surface area contributed by atoms with Crippen LogP contribution in [0.3, 0.4) is 0 Å². The minimum Gasteiger partial charge on any atom is -0.220 e. The summed E-state index contributed by atoms with van der Waals surface area (Å²) in [4.78, 5) is 8.20. The van der Waals surface area contributed by atoms with Crippen LogP contribution in [0.1, 0.15) is 5.56 Å². The molecular formula is C12H10N4. The first-order valence-corrected chi connectivity index (χ1v) is 5.06. The van der Waals surface area contributed by atoms with Gasteiger partial charge in [0.05, 0.1) is 5.69 Å². The Kier molecular flexibility index (Phi) is 1.93. The SMILES string of the molecule is Cc1ccc(-c2ccnc3ncnn23)cc1. The van der Waals surface area contributed by atoms with Crippen molar-refractivity contribution in [3.63, 3.8) is 0 Å². The van der Waals surface area contributed by atoms with Crippen molar-refractivity contribution in [2.75, 3.05) is 0 Å². The van der Waals surface area contributed by atoms with E-state index in [1.165, 1.54) is 11.9 Å². The van der Waals surface area contributed by atoms with Crippen molar-refractivity contribution in [2.45, 2.75) is 6.92 Å². The molecule has 0 atom stereocenters. The highest BCUT2D eigenvalue weighted by molar-refractivity contribution is 5.61. The molecule has 0 aliphatic carbocycles. The van der Waals surface area contributed by atoms with E-state index >= 15 is 0 Å². The topological polar surface area (TPSA) is 43.1 Å². The summed E-state index contributed by atoms with van der Waals surface area (Å²) in [6, 6.07) is 10.3. The van der Waals surface area contributed by atoms with Crippen LogP contribution in [0.15, 0.2) is 42.9 Å². The Balaban J connectivity index is 2.25. The molecule has 2 heterocycles. The van der Waals surface area contributed by atoms with Gasteiger partial charge in [0.2, 0.25) is 0 Å². The average Bonchev–Trinajstić information content (AvgIpc) is 2.78. The van der Waals surface area contributed by atoms with Crippen LogP contribution in [0, 0.1) is 6.92 Å². The lowest BCUT2D eigenvalue weighted by molar-refractivity contribution is 0.947. The highest BCUT2D eigenvalue weighted by Crippen LogP contribution is 2.18. The fourth-order valence-corrected chi connectivity index (χ4v) is 1.68. The zero-order valence-corrected chi connectivity index (χ0v) is 8.83. The summed E-state index contributed by atoms with van der Waals surface area (Å²) in [6.45, 7) is 2.07. The molecule has 4 heteroatoms. The molecular weight excluding hydrogens is 200 g/mol. The van der Waals surface area contributed by atoms with Gasteiger partial charge in [0.1, 0.15) is 6.33 Å². The largest absolute Gasteiger partial charge is 0.252 e. The highest BCUT2D eigenvalue weighted by atomic mass is 15.3. The average molecular weight is 210 g/mol. The predicted octanol–water partition coefficient (Wildman–Crippen LogP) is 2.10. The van der Waals surface area contributed by atoms with Crippen molar-refractivity contribution in [2.24, 2.45) is 0 Å². The number of aromatic nitrogens is 4. The number of fused-ring (bicyclic) bond motifs is 1. The van der Waals surface area contributed by atoms with Gasteiger partial charge in [0, 0.05) is 11.8 Å². The monoisotopic (exact) mass is 210 g/mol. The molecule has 0 saturated heterocycles. The minimum absolute atomic E-state index is 0.623. The van der Waals surface area contributed by atoms with Crippen molar-refractivity contribution < 1.29 is 0 Å². The molecule has 3 aromatic rings. The van der Waals surface area contributed by atoms with E-state index in [1.807, 2.05) is 6.07 Å². The first-order chi connectivity index (χ1) is 7.84. The summed E-state index contributed by atoms with van der Waals surface area (Å²) in [5.74, 6) is 0.623. The Bertz CT molecular complexity index is 625. The Hall–Kier alpha value is -2.23. The molecule has 0 saturated carbocycles. The number of rotatable bonds is 1. The predicted molar refractivity (Wildman–Crippen MR) is 61.0 cm³/mol. The Morgan fingerprint density at radius 1 is 1.00 bits per heavy atom. The number of hydrogen-bond donors (Lipinski definition) is 0. The molecule has 3 rings (SSSR count). The third-order valence-electron chi connectivity index (χ3n) is 2.53. The summed E-state index contributed by atoms with van der Waals surface area (Å²) in [6.07, 6.45) is 3.26. The fraction of sp³-hybridized carbons (Fsp3) is 0.0833. The van der Waals surface area contributed by atoms with Crippen LogP contribution >= 0.6 is 0 Å². The van der Waals surface area contributed by atoms with Gasteiger partial charge < -0.3 is 0 Å². The van der Waals surface area contributed by atoms with Crippen LogP contribution in [0.5, 0.6) is 0 Å². The van der Waals surface area contributed by atoms with E-state index in [1.54, 1.807) is 10.7 Å². The van der Waals surface area contributed by atoms with Crippen molar-refractivity contribution in [3.8, 4) is 11.3 Å². The molecule has 0 amide bonds. The summed E-state index contributed by atoms with van der Waals surface area (Å²) >= 11 is 0. The van der Waals surface area contributed by atoms with E-state index in [4.69, 9.17) is 0 Å². The Morgan fingerprint density at radius 2 is 1.81 bits per heavy atom. The lowest BCUT2D eigenvalue weighted by Crippen LogP contribution is -1.95. The Morgan fingerprint density at radius 3 is 2.62 bits per heavy atom. The molecule has 0 bridgehead atoms. The third kappa shape index (κ3) is 1.35. The maximum atomic E-state index is 4.16. The molecule has 0 aliphatic rings. The molecule has 0 aliphatic heterocycles. The molecule has 0 fully saturated rings. The first kappa shape index (κ1) is 9.03. The van der Waals surface area contributed by atoms with Crippen molar-refractivity contribution in [1.82, 2.24) is 19.6 Å². The molecule has 0 radical (unpaired) electrons. The van der Waals surface area contributed by atoms with Crippen LogP contribution in [-0.4, -0.2) is 19.6 Å². The smallest absolute Gasteiger partial charge is 0.220 e. The number of aryl methyl sites for hydroxylation is 1. The molecule has 1 aromatic carbocycles. The van der Waals surface area contributed by atoms with Gasteiger partial charge in [-0.15, -0.1) is 0 Å². The van der Waals surface area contributed by atoms with Gasteiger partial charge in [-0.25, -0.2) is 4.98 Å². The van der Waals surface area contributed by atoms with Crippen LogP contribution in [0.4, 0.5) is 0 Å². The molecule has 0 unspecified atom stereocenters. The van der Waals surface area contributed by atoms with E-state index in [9.17, 15) is 0 Å². The van der Waals surface area contributed by atoms with E-state index < -0.39 is 0 Å². The normalized spacial score (nSPS) is 10.8. The van der Waals surface area contributed by atoms with E-state index in [0.29, 0.717) is 5.78 Å². The standard InChI is InChI=1S/C12H10N4/c1-9-2-4-10(5-3-9)11-6-7-13-12-14-8-15-16(11)12/h2-8H,1H3. The summed E-state index contributed by atoms with van der Waals surface area (Å²) in [5.41, 5.74) is 3.36. The second-order valence-electron chi connectivity index (χ2n) is 3.67. The van der Waals surface area contributed by atoms with Crippen LogP contribution in [0.2, 0.25) is 0 Å². The summed E-state index contributed by atoms with van der Waals surface area (Å²) in [7, 11) is 0. The van der Waals surface area contributed by atoms with Gasteiger partial charge in [0.15, 0.2) is 0 Å². The van der Waals surface area contributed by atoms with Gasteiger partial charge >= 0.3 is 0 Å². The molecule has 78 valence electrons. The number of benzene rings is 1. The zero-order chi connectivity index (χ0) is 11.0. The molecule has 2 aromatic heterocycles. The molecule has 0 spiro atoms. The number of nitrogens with zero attached hydrogens (tertiary/aromatic N) is 4. The summed E-state index contributed by atoms with van der Waals surface area (Å²) < 4.78 is 1.74. The molecule has 4 nitrogen and oxygen atoms in total. The lowest BCUT2D eigenvalue weighted by Gasteiger charge is -2.03. The van der Waals surface area contributed by atoms with Crippen LogP contribution < -0.4 is 0 Å². The third-order valence-corrected chi connectivity index (χ3v) is 2.53. The van der Waals surface area contributed by atoms with Crippen LogP contribution in [0.25, 0.3) is 17.0 Å². The van der Waals surface area contributed by atoms with Crippen LogP contribution in [-0.2, 0) is 0 Å². The van der Waals surface area contributed by atoms with Gasteiger partial charge in [-0.2, -0.15) is 14.6 Å². The molecule has 0 N–H and O–H groups in total. The van der Waals surface area contributed by atoms with Gasteiger partial charge in [-0.3, -0.25) is 0 Å². The lowest BCUT2D eigenvalue weighted by atomic mass is 10.1. The molecule has 16 heavy (non-hydrogen) atoms. The van der Waals surface area contributed by atoms with E-state index in [0.717, 1.165) is 11.3 Å². The maximum absolute atomic E-state index is 4.16. The quantitative estimate of drug-likeness (QED) is 0.617. The summed E-state index contributed by atoms with van der Waals surface area (Å²) in [5, 5.41) is 4.16. The van der Waals surface area contributed by atoms with E-state index in [2.05, 4.69) is 46.3 Å². The fourth-order valence-electron chi connectivity index (χ4n) is 1.68. The zero-order valence-electron chi connectivity index (χ0n) is 8.83. The van der Waals surface area contributed by atoms with Crippen molar-refractivity contribution in [1.29, 1.82) is 0 Å². The second kappa shape index (κ2) is 3.41. The maximum Gasteiger partial charge on any atom is 0.252 e. The van der Waals surface area contributed by atoms with Gasteiger partial charge in [-0.05, 0) is 13.0 Å². The Labute approximate surface area is 92.6 Å². The van der Waals surface area contributed by atoms with E-state index in [-0.39, 0.29) is 0 Å². The van der Waals surface area contributed by atoms with Gasteiger partial charge in [0.25, 0.3) is 5.78 Å². The van der Waals surface area contributed by atoms with Crippen molar-refractivity contribution >= 4 is 5.78 Å². The second-order valence-corrected chi connectivity index (χ2v) is 3.67. The van der Waals surface area contributed by atoms with Gasteiger partial charge in [-0.1, -0.05) is 29.8 Å². The first-order valence-electron chi connectivity index (χ1n) is 5.06. The number of hydrogen-bond acceptors (Lipinski definition) is 3. The van der Waals surface area contributed by atoms with Crippen molar-refractivity contribution in [3.05, 3.63) is 48.4 Å². The minimum atomic E-state index is 0.623.